The zero-order chi connectivity index (χ0) is 15.5. The Labute approximate surface area is 125 Å². The fraction of sp³-hybridized carbons (Fsp3) is 0.267. The average Bonchev–Trinajstić information content (AvgIpc) is 2.95. The standard InChI is InChI=1S/C15H13F2N3O2/c16-12-8-18-6-4-11(12)15(21)20-7-5-10(9-20)22-14-3-1-2-13(17)19-14/h1-4,6,8,10H,5,7,9H2. The van der Waals surface area contributed by atoms with Crippen LogP contribution in [-0.2, 0) is 0 Å². The third-order valence-corrected chi connectivity index (χ3v) is 3.41. The predicted octanol–water partition coefficient (Wildman–Crippen LogP) is 2.05. The van der Waals surface area contributed by atoms with Gasteiger partial charge in [-0.15, -0.1) is 0 Å². The molecule has 22 heavy (non-hydrogen) atoms. The number of amides is 1. The van der Waals surface area contributed by atoms with E-state index in [0.717, 1.165) is 6.20 Å². The average molecular weight is 305 g/mol. The summed E-state index contributed by atoms with van der Waals surface area (Å²) in [7, 11) is 0. The maximum absolute atomic E-state index is 13.6. The van der Waals surface area contributed by atoms with Gasteiger partial charge in [-0.3, -0.25) is 9.78 Å². The lowest BCUT2D eigenvalue weighted by molar-refractivity contribution is 0.0766. The quantitative estimate of drug-likeness (QED) is 0.814. The minimum Gasteiger partial charge on any atom is -0.472 e. The molecule has 114 valence electrons. The topological polar surface area (TPSA) is 55.3 Å². The molecule has 5 nitrogen and oxygen atoms in total. The molecule has 7 heteroatoms. The van der Waals surface area contributed by atoms with Crippen molar-refractivity contribution in [3.8, 4) is 5.88 Å². The second-order valence-electron chi connectivity index (χ2n) is 4.93. The van der Waals surface area contributed by atoms with Crippen molar-refractivity contribution in [2.45, 2.75) is 12.5 Å². The molecule has 0 saturated carbocycles. The summed E-state index contributed by atoms with van der Waals surface area (Å²) in [5.41, 5.74) is -0.0143. The van der Waals surface area contributed by atoms with Crippen LogP contribution in [0.1, 0.15) is 16.8 Å². The fourth-order valence-corrected chi connectivity index (χ4v) is 2.35. The predicted molar refractivity (Wildman–Crippen MR) is 73.3 cm³/mol. The summed E-state index contributed by atoms with van der Waals surface area (Å²) in [5, 5.41) is 0. The first-order valence-corrected chi connectivity index (χ1v) is 6.81. The molecule has 0 aliphatic carbocycles. The van der Waals surface area contributed by atoms with Gasteiger partial charge in [-0.25, -0.2) is 4.39 Å². The van der Waals surface area contributed by atoms with E-state index in [2.05, 4.69) is 9.97 Å². The summed E-state index contributed by atoms with van der Waals surface area (Å²) in [6.07, 6.45) is 2.67. The molecule has 3 heterocycles. The number of likely N-dealkylation sites (tertiary alicyclic amines) is 1. The Kier molecular flexibility index (Phi) is 3.95. The van der Waals surface area contributed by atoms with Gasteiger partial charge in [0.15, 0.2) is 5.82 Å². The normalized spacial score (nSPS) is 17.5. The van der Waals surface area contributed by atoms with Gasteiger partial charge >= 0.3 is 0 Å². The molecule has 1 atom stereocenters. The van der Waals surface area contributed by atoms with Crippen LogP contribution < -0.4 is 4.74 Å². The summed E-state index contributed by atoms with van der Waals surface area (Å²) >= 11 is 0. The van der Waals surface area contributed by atoms with Crippen LogP contribution in [0.4, 0.5) is 8.78 Å². The van der Waals surface area contributed by atoms with E-state index >= 15 is 0 Å². The zero-order valence-electron chi connectivity index (χ0n) is 11.6. The van der Waals surface area contributed by atoms with Crippen molar-refractivity contribution >= 4 is 5.91 Å². The minimum atomic E-state index is -0.649. The van der Waals surface area contributed by atoms with E-state index in [0.29, 0.717) is 19.5 Å². The first-order valence-electron chi connectivity index (χ1n) is 6.81. The Morgan fingerprint density at radius 2 is 2.18 bits per heavy atom. The maximum Gasteiger partial charge on any atom is 0.257 e. The SMILES string of the molecule is O=C(c1ccncc1F)N1CCC(Oc2cccc(F)n2)C1. The summed E-state index contributed by atoms with van der Waals surface area (Å²) < 4.78 is 32.1. The third-order valence-electron chi connectivity index (χ3n) is 3.41. The molecule has 1 unspecified atom stereocenters. The van der Waals surface area contributed by atoms with Crippen LogP contribution >= 0.6 is 0 Å². The van der Waals surface area contributed by atoms with Crippen molar-refractivity contribution in [1.29, 1.82) is 0 Å². The number of carbonyl (C=O) groups excluding carboxylic acids is 1. The lowest BCUT2D eigenvalue weighted by Gasteiger charge is -2.17. The molecule has 0 spiro atoms. The molecule has 0 aromatic carbocycles. The lowest BCUT2D eigenvalue weighted by Crippen LogP contribution is -2.31. The number of pyridine rings is 2. The van der Waals surface area contributed by atoms with E-state index in [1.807, 2.05) is 0 Å². The largest absolute Gasteiger partial charge is 0.472 e. The number of hydrogen-bond acceptors (Lipinski definition) is 4. The Morgan fingerprint density at radius 1 is 1.32 bits per heavy atom. The van der Waals surface area contributed by atoms with Gasteiger partial charge in [0.2, 0.25) is 11.8 Å². The third kappa shape index (κ3) is 3.03. The van der Waals surface area contributed by atoms with Crippen molar-refractivity contribution in [2.75, 3.05) is 13.1 Å². The molecular formula is C15H13F2N3O2. The second-order valence-corrected chi connectivity index (χ2v) is 4.93. The number of ether oxygens (including phenoxy) is 1. The van der Waals surface area contributed by atoms with E-state index in [1.165, 1.54) is 29.3 Å². The molecule has 1 fully saturated rings. The van der Waals surface area contributed by atoms with Crippen LogP contribution in [0.3, 0.4) is 0 Å². The van der Waals surface area contributed by atoms with Gasteiger partial charge < -0.3 is 9.64 Å². The van der Waals surface area contributed by atoms with E-state index < -0.39 is 17.7 Å². The summed E-state index contributed by atoms with van der Waals surface area (Å²) in [6.45, 7) is 0.749. The highest BCUT2D eigenvalue weighted by Crippen LogP contribution is 2.19. The monoisotopic (exact) mass is 305 g/mol. The van der Waals surface area contributed by atoms with Crippen molar-refractivity contribution < 1.29 is 18.3 Å². The van der Waals surface area contributed by atoms with Gasteiger partial charge in [0.1, 0.15) is 6.10 Å². The number of hydrogen-bond donors (Lipinski definition) is 0. The summed E-state index contributed by atoms with van der Waals surface area (Å²) in [5.74, 6) is -1.50. The molecule has 1 aliphatic heterocycles. The summed E-state index contributed by atoms with van der Waals surface area (Å²) in [4.78, 5) is 21.0. The van der Waals surface area contributed by atoms with Crippen LogP contribution in [0.25, 0.3) is 0 Å². The molecule has 1 amide bonds. The number of nitrogens with zero attached hydrogens (tertiary/aromatic N) is 3. The molecule has 0 N–H and O–H groups in total. The highest BCUT2D eigenvalue weighted by molar-refractivity contribution is 5.94. The van der Waals surface area contributed by atoms with Crippen molar-refractivity contribution in [3.05, 3.63) is 54.0 Å². The first-order chi connectivity index (χ1) is 10.6. The van der Waals surface area contributed by atoms with Crippen molar-refractivity contribution in [3.63, 3.8) is 0 Å². The Balaban J connectivity index is 1.65. The van der Waals surface area contributed by atoms with Crippen LogP contribution in [-0.4, -0.2) is 40.0 Å². The molecule has 1 saturated heterocycles. The Bertz CT molecular complexity index is 696. The van der Waals surface area contributed by atoms with Crippen LogP contribution in [0, 0.1) is 11.8 Å². The van der Waals surface area contributed by atoms with E-state index in [4.69, 9.17) is 4.74 Å². The molecule has 0 radical (unpaired) electrons. The van der Waals surface area contributed by atoms with Crippen LogP contribution in [0.5, 0.6) is 5.88 Å². The number of halogens is 2. The summed E-state index contributed by atoms with van der Waals surface area (Å²) in [6, 6.07) is 5.63. The molecule has 2 aromatic rings. The van der Waals surface area contributed by atoms with Gasteiger partial charge in [0.25, 0.3) is 5.91 Å². The fourth-order valence-electron chi connectivity index (χ4n) is 2.35. The van der Waals surface area contributed by atoms with E-state index in [-0.39, 0.29) is 17.5 Å². The van der Waals surface area contributed by atoms with Crippen molar-refractivity contribution in [2.24, 2.45) is 0 Å². The van der Waals surface area contributed by atoms with Gasteiger partial charge in [0.05, 0.1) is 18.3 Å². The second kappa shape index (κ2) is 6.05. The van der Waals surface area contributed by atoms with Gasteiger partial charge in [-0.1, -0.05) is 6.07 Å². The van der Waals surface area contributed by atoms with Crippen LogP contribution in [0.2, 0.25) is 0 Å². The lowest BCUT2D eigenvalue weighted by atomic mass is 10.2. The van der Waals surface area contributed by atoms with Crippen LogP contribution in [0.15, 0.2) is 36.7 Å². The Morgan fingerprint density at radius 3 is 2.95 bits per heavy atom. The minimum absolute atomic E-state index is 0.0143. The Hall–Kier alpha value is -2.57. The van der Waals surface area contributed by atoms with Crippen molar-refractivity contribution in [1.82, 2.24) is 14.9 Å². The maximum atomic E-state index is 13.6. The van der Waals surface area contributed by atoms with Gasteiger partial charge in [-0.05, 0) is 12.1 Å². The molecule has 2 aromatic heterocycles. The zero-order valence-corrected chi connectivity index (χ0v) is 11.6. The molecular weight excluding hydrogens is 292 g/mol. The number of carbonyl (C=O) groups is 1. The van der Waals surface area contributed by atoms with Gasteiger partial charge in [-0.2, -0.15) is 9.37 Å². The smallest absolute Gasteiger partial charge is 0.257 e. The van der Waals surface area contributed by atoms with E-state index in [9.17, 15) is 13.6 Å². The highest BCUT2D eigenvalue weighted by atomic mass is 19.1. The molecule has 0 bridgehead atoms. The van der Waals surface area contributed by atoms with E-state index in [1.54, 1.807) is 6.07 Å². The highest BCUT2D eigenvalue weighted by Gasteiger charge is 2.29. The first kappa shape index (κ1) is 14.4. The number of rotatable bonds is 3. The molecule has 1 aliphatic rings. The molecule has 3 rings (SSSR count). The van der Waals surface area contributed by atoms with Gasteiger partial charge in [0, 0.05) is 25.2 Å². The number of aromatic nitrogens is 2.